The number of nitrogens with zero attached hydrogens (tertiary/aromatic N) is 2. The third kappa shape index (κ3) is 2.79. The van der Waals surface area contributed by atoms with Crippen molar-refractivity contribution < 1.29 is 19.4 Å². The number of fused-ring (bicyclic) bond motifs is 5. The van der Waals surface area contributed by atoms with Crippen LogP contribution in [-0.2, 0) is 33.1 Å². The molecule has 156 valence electrons. The number of rotatable bonds is 3. The van der Waals surface area contributed by atoms with Crippen LogP contribution in [0.2, 0.25) is 0 Å². The van der Waals surface area contributed by atoms with Crippen LogP contribution in [-0.4, -0.2) is 26.5 Å². The topological polar surface area (TPSA) is 125 Å². The van der Waals surface area contributed by atoms with Crippen LogP contribution in [0.15, 0.2) is 41.2 Å². The van der Waals surface area contributed by atoms with Gasteiger partial charge in [0.05, 0.1) is 29.0 Å². The van der Waals surface area contributed by atoms with Gasteiger partial charge in [0, 0.05) is 22.6 Å². The Bertz CT molecular complexity index is 1390. The quantitative estimate of drug-likeness (QED) is 0.385. The molecule has 0 radical (unpaired) electrons. The van der Waals surface area contributed by atoms with Crippen molar-refractivity contribution in [3.05, 3.63) is 69.0 Å². The zero-order valence-corrected chi connectivity index (χ0v) is 16.7. The van der Waals surface area contributed by atoms with Crippen molar-refractivity contribution in [3.8, 4) is 11.4 Å². The van der Waals surface area contributed by atoms with E-state index in [0.717, 1.165) is 22.0 Å². The number of cyclic esters (lactones) is 1. The first kappa shape index (κ1) is 19.2. The molecule has 31 heavy (non-hydrogen) atoms. The highest BCUT2D eigenvalue weighted by molar-refractivity contribution is 5.92. The molecule has 8 nitrogen and oxygen atoms in total. The highest BCUT2D eigenvalue weighted by atomic mass is 16.6. The van der Waals surface area contributed by atoms with Gasteiger partial charge in [-0.3, -0.25) is 9.59 Å². The number of benzene rings is 1. The van der Waals surface area contributed by atoms with Crippen LogP contribution in [0.5, 0.6) is 0 Å². The molecule has 0 saturated carbocycles. The molecule has 1 unspecified atom stereocenters. The molecule has 0 spiro atoms. The Morgan fingerprint density at radius 1 is 1.32 bits per heavy atom. The summed E-state index contributed by atoms with van der Waals surface area (Å²) in [6.45, 7) is 1.85. The van der Waals surface area contributed by atoms with Gasteiger partial charge in [0.2, 0.25) is 5.91 Å². The summed E-state index contributed by atoms with van der Waals surface area (Å²) in [5.41, 5.74) is 7.21. The number of nitrogens with two attached hydrogens (primary N) is 1. The van der Waals surface area contributed by atoms with Gasteiger partial charge in [-0.2, -0.15) is 0 Å². The van der Waals surface area contributed by atoms with Gasteiger partial charge in [-0.15, -0.1) is 0 Å². The molecule has 0 aliphatic carbocycles. The molecule has 5 rings (SSSR count). The zero-order chi connectivity index (χ0) is 21.9. The fraction of sp³-hybridized carbons (Fsp3) is 0.217. The number of amides is 1. The summed E-state index contributed by atoms with van der Waals surface area (Å²) in [6, 6.07) is 9.19. The Hall–Kier alpha value is -3.78. The summed E-state index contributed by atoms with van der Waals surface area (Å²) in [7, 11) is 0. The predicted octanol–water partition coefficient (Wildman–Crippen LogP) is 1.58. The van der Waals surface area contributed by atoms with Crippen LogP contribution in [0, 0.1) is 0 Å². The number of pyridine rings is 2. The molecule has 4 heterocycles. The Balaban J connectivity index is 1.68. The van der Waals surface area contributed by atoms with Crippen molar-refractivity contribution in [1.82, 2.24) is 9.55 Å². The number of carbonyl (C=O) groups excluding carboxylic acids is 2. The zero-order valence-electron chi connectivity index (χ0n) is 16.7. The average molecular weight is 417 g/mol. The molecule has 1 aromatic carbocycles. The Kier molecular flexibility index (Phi) is 4.10. The van der Waals surface area contributed by atoms with E-state index in [4.69, 9.17) is 15.5 Å². The number of primary amides is 1. The van der Waals surface area contributed by atoms with Crippen LogP contribution in [0.3, 0.4) is 0 Å². The summed E-state index contributed by atoms with van der Waals surface area (Å²) < 4.78 is 6.68. The van der Waals surface area contributed by atoms with E-state index in [1.165, 1.54) is 6.08 Å². The van der Waals surface area contributed by atoms with E-state index in [2.05, 4.69) is 0 Å². The van der Waals surface area contributed by atoms with E-state index < -0.39 is 17.5 Å². The molecule has 0 bridgehead atoms. The van der Waals surface area contributed by atoms with Crippen LogP contribution >= 0.6 is 0 Å². The molecule has 1 amide bonds. The maximum absolute atomic E-state index is 13.2. The van der Waals surface area contributed by atoms with Gasteiger partial charge in [-0.05, 0) is 42.3 Å². The third-order valence-corrected chi connectivity index (χ3v) is 5.97. The van der Waals surface area contributed by atoms with Gasteiger partial charge in [0.1, 0.15) is 6.61 Å². The second-order valence-electron chi connectivity index (χ2n) is 7.79. The first-order valence-electron chi connectivity index (χ1n) is 9.90. The van der Waals surface area contributed by atoms with Crippen molar-refractivity contribution in [2.75, 3.05) is 0 Å². The van der Waals surface area contributed by atoms with Crippen molar-refractivity contribution in [2.24, 2.45) is 5.73 Å². The van der Waals surface area contributed by atoms with E-state index in [0.29, 0.717) is 29.1 Å². The first-order chi connectivity index (χ1) is 14.8. The molecule has 2 aliphatic heterocycles. The third-order valence-electron chi connectivity index (χ3n) is 5.97. The lowest BCUT2D eigenvalue weighted by molar-refractivity contribution is -0.172. The highest BCUT2D eigenvalue weighted by Gasteiger charge is 2.45. The first-order valence-corrected chi connectivity index (χ1v) is 9.90. The lowest BCUT2D eigenvalue weighted by Gasteiger charge is -2.31. The van der Waals surface area contributed by atoms with Gasteiger partial charge >= 0.3 is 5.97 Å². The van der Waals surface area contributed by atoms with Crippen LogP contribution < -0.4 is 11.3 Å². The Morgan fingerprint density at radius 2 is 2.13 bits per heavy atom. The minimum atomic E-state index is -1.84. The molecule has 2 aromatic heterocycles. The highest BCUT2D eigenvalue weighted by Crippen LogP contribution is 2.38. The molecule has 8 heteroatoms. The fourth-order valence-corrected chi connectivity index (χ4v) is 4.29. The van der Waals surface area contributed by atoms with E-state index in [1.807, 2.05) is 24.3 Å². The van der Waals surface area contributed by atoms with Crippen molar-refractivity contribution in [3.63, 3.8) is 0 Å². The summed E-state index contributed by atoms with van der Waals surface area (Å²) >= 11 is 0. The number of carbonyl (C=O) groups is 2. The second-order valence-corrected chi connectivity index (χ2v) is 7.79. The molecule has 0 fully saturated rings. The minimum absolute atomic E-state index is 0.0985. The smallest absolute Gasteiger partial charge is 0.343 e. The lowest BCUT2D eigenvalue weighted by atomic mass is 9.86. The summed E-state index contributed by atoms with van der Waals surface area (Å²) in [5.74, 6) is -1.27. The summed E-state index contributed by atoms with van der Waals surface area (Å²) in [6.07, 6.45) is 3.02. The molecule has 3 N–H and O–H groups in total. The van der Waals surface area contributed by atoms with Crippen LogP contribution in [0.1, 0.15) is 35.6 Å². The van der Waals surface area contributed by atoms with Crippen LogP contribution in [0.4, 0.5) is 0 Å². The molecular formula is C23H19N3O5. The summed E-state index contributed by atoms with van der Waals surface area (Å²) in [4.78, 5) is 41.1. The van der Waals surface area contributed by atoms with Gasteiger partial charge in [0.25, 0.3) is 5.56 Å². The second kappa shape index (κ2) is 6.61. The SMILES string of the molecule is CCC1(O)C(=O)OCc2c1cc1n(c2=O)Cc2cc3cc(C=CC(N)=O)ccc3nc2-1. The maximum atomic E-state index is 13.2. The predicted molar refractivity (Wildman–Crippen MR) is 113 cm³/mol. The normalized spacial score (nSPS) is 19.2. The monoisotopic (exact) mass is 417 g/mol. The molecule has 2 aliphatic rings. The molecular weight excluding hydrogens is 398 g/mol. The van der Waals surface area contributed by atoms with Crippen molar-refractivity contribution >= 4 is 28.9 Å². The number of hydrogen-bond acceptors (Lipinski definition) is 6. The standard InChI is InChI=1S/C23H19N3O5/c1-2-23(30)16-9-18-20-14(10-26(18)21(28)15(16)11-31-22(23)29)8-13-7-12(4-6-19(24)27)3-5-17(13)25-20/h3-9,30H,2,10-11H2,1H3,(H2,24,27). The Morgan fingerprint density at radius 3 is 2.87 bits per heavy atom. The van der Waals surface area contributed by atoms with E-state index in [9.17, 15) is 19.5 Å². The number of ether oxygens (including phenoxy) is 1. The molecule has 0 saturated heterocycles. The van der Waals surface area contributed by atoms with Gasteiger partial charge < -0.3 is 20.1 Å². The van der Waals surface area contributed by atoms with Crippen molar-refractivity contribution in [1.29, 1.82) is 0 Å². The molecule has 3 aromatic rings. The Labute approximate surface area is 176 Å². The lowest BCUT2D eigenvalue weighted by Crippen LogP contribution is -2.44. The minimum Gasteiger partial charge on any atom is -0.458 e. The number of hydrogen-bond donors (Lipinski definition) is 2. The van der Waals surface area contributed by atoms with Crippen molar-refractivity contribution in [2.45, 2.75) is 32.1 Å². The van der Waals surface area contributed by atoms with E-state index in [1.54, 1.807) is 23.6 Å². The summed E-state index contributed by atoms with van der Waals surface area (Å²) in [5, 5.41) is 11.8. The molecule has 1 atom stereocenters. The maximum Gasteiger partial charge on any atom is 0.343 e. The fourth-order valence-electron chi connectivity index (χ4n) is 4.29. The largest absolute Gasteiger partial charge is 0.458 e. The number of aromatic nitrogens is 2. The van der Waals surface area contributed by atoms with E-state index in [-0.39, 0.29) is 18.6 Å². The van der Waals surface area contributed by atoms with Gasteiger partial charge in [-0.25, -0.2) is 9.78 Å². The van der Waals surface area contributed by atoms with E-state index >= 15 is 0 Å². The van der Waals surface area contributed by atoms with Crippen LogP contribution in [0.25, 0.3) is 28.4 Å². The number of esters is 1. The average Bonchev–Trinajstić information content (AvgIpc) is 3.11. The van der Waals surface area contributed by atoms with Gasteiger partial charge in [-0.1, -0.05) is 13.0 Å². The van der Waals surface area contributed by atoms with Gasteiger partial charge in [0.15, 0.2) is 5.60 Å². The number of aliphatic hydroxyl groups is 1.